The van der Waals surface area contributed by atoms with Gasteiger partial charge in [-0.25, -0.2) is 4.99 Å². The van der Waals surface area contributed by atoms with E-state index in [9.17, 15) is 0 Å². The summed E-state index contributed by atoms with van der Waals surface area (Å²) in [4.78, 5) is 7.39. The minimum atomic E-state index is 0. The van der Waals surface area contributed by atoms with Crippen LogP contribution in [0.1, 0.15) is 64.4 Å². The Morgan fingerprint density at radius 2 is 1.84 bits per heavy atom. The maximum atomic E-state index is 6.15. The lowest BCUT2D eigenvalue weighted by Gasteiger charge is -2.32. The molecule has 1 aromatic rings. The Balaban J connectivity index is 0.00000341. The number of guanidine groups is 1. The van der Waals surface area contributed by atoms with Gasteiger partial charge in [-0.3, -0.25) is 0 Å². The average molecular weight is 545 g/mol. The van der Waals surface area contributed by atoms with Gasteiger partial charge in [0.1, 0.15) is 0 Å². The van der Waals surface area contributed by atoms with E-state index in [1.807, 2.05) is 6.07 Å². The molecule has 0 aromatic heterocycles. The number of hydrogen-bond acceptors (Lipinski definition) is 4. The molecule has 0 radical (unpaired) electrons. The van der Waals surface area contributed by atoms with Crippen LogP contribution in [0.3, 0.4) is 0 Å². The third-order valence-corrected chi connectivity index (χ3v) is 6.06. The number of ether oxygens (including phenoxy) is 2. The summed E-state index contributed by atoms with van der Waals surface area (Å²) in [6.45, 7) is 9.39. The average Bonchev–Trinajstić information content (AvgIpc) is 3.27. The van der Waals surface area contributed by atoms with Crippen LogP contribution in [-0.2, 0) is 6.54 Å². The fourth-order valence-corrected chi connectivity index (χ4v) is 4.39. The van der Waals surface area contributed by atoms with Gasteiger partial charge < -0.3 is 25.0 Å². The van der Waals surface area contributed by atoms with E-state index in [1.54, 1.807) is 7.11 Å². The van der Waals surface area contributed by atoms with Crippen molar-refractivity contribution in [3.05, 3.63) is 23.8 Å². The van der Waals surface area contributed by atoms with Crippen molar-refractivity contribution in [2.24, 2.45) is 4.99 Å². The summed E-state index contributed by atoms with van der Waals surface area (Å²) in [6.07, 6.45) is 8.72. The highest BCUT2D eigenvalue weighted by molar-refractivity contribution is 14.0. The van der Waals surface area contributed by atoms with Crippen LogP contribution in [0.2, 0.25) is 0 Å². The van der Waals surface area contributed by atoms with Crippen LogP contribution in [0.25, 0.3) is 0 Å². The van der Waals surface area contributed by atoms with Gasteiger partial charge in [-0.2, -0.15) is 0 Å². The number of halogens is 1. The number of aliphatic imine (C=N–C) groups is 1. The zero-order chi connectivity index (χ0) is 21.2. The van der Waals surface area contributed by atoms with E-state index in [-0.39, 0.29) is 24.0 Å². The molecule has 7 heteroatoms. The van der Waals surface area contributed by atoms with Gasteiger partial charge in [0.05, 0.1) is 19.8 Å². The molecule has 2 N–H and O–H groups in total. The lowest BCUT2D eigenvalue weighted by atomic mass is 10.1. The van der Waals surface area contributed by atoms with Gasteiger partial charge in [0, 0.05) is 25.7 Å². The molecule has 0 amide bonds. The van der Waals surface area contributed by atoms with Crippen molar-refractivity contribution >= 4 is 29.9 Å². The second-order valence-electron chi connectivity index (χ2n) is 8.46. The van der Waals surface area contributed by atoms with E-state index in [1.165, 1.54) is 51.7 Å². The van der Waals surface area contributed by atoms with Gasteiger partial charge in [0.2, 0.25) is 0 Å². The summed E-state index contributed by atoms with van der Waals surface area (Å²) in [5, 5.41) is 7.03. The molecule has 31 heavy (non-hydrogen) atoms. The molecule has 1 saturated heterocycles. The SMILES string of the molecule is CCCN1CCC(NC(=NCc2ccc(OC3CCCC3)c(OC)c2)NCC)CC1.I. The van der Waals surface area contributed by atoms with E-state index < -0.39 is 0 Å². The third kappa shape index (κ3) is 8.33. The maximum Gasteiger partial charge on any atom is 0.191 e. The van der Waals surface area contributed by atoms with Gasteiger partial charge in [-0.15, -0.1) is 24.0 Å². The van der Waals surface area contributed by atoms with Crippen LogP contribution in [0.4, 0.5) is 0 Å². The molecule has 1 aliphatic heterocycles. The number of benzene rings is 1. The predicted octanol–water partition coefficient (Wildman–Crippen LogP) is 4.56. The van der Waals surface area contributed by atoms with E-state index in [0.29, 0.717) is 18.7 Å². The van der Waals surface area contributed by atoms with Crippen LogP contribution >= 0.6 is 24.0 Å². The van der Waals surface area contributed by atoms with Gasteiger partial charge in [0.15, 0.2) is 17.5 Å². The summed E-state index contributed by atoms with van der Waals surface area (Å²) in [7, 11) is 1.71. The topological polar surface area (TPSA) is 58.1 Å². The Morgan fingerprint density at radius 1 is 1.10 bits per heavy atom. The highest BCUT2D eigenvalue weighted by Crippen LogP contribution is 2.32. The van der Waals surface area contributed by atoms with Crippen LogP contribution in [-0.4, -0.2) is 56.3 Å². The minimum absolute atomic E-state index is 0. The van der Waals surface area contributed by atoms with Crippen molar-refractivity contribution in [2.45, 2.75) is 77.5 Å². The summed E-state index contributed by atoms with van der Waals surface area (Å²) >= 11 is 0. The fraction of sp³-hybridized carbons (Fsp3) is 0.708. The monoisotopic (exact) mass is 544 g/mol. The zero-order valence-corrected chi connectivity index (χ0v) is 21.8. The quantitative estimate of drug-likeness (QED) is 0.271. The number of methoxy groups -OCH3 is 1. The van der Waals surface area contributed by atoms with Gasteiger partial charge in [-0.05, 0) is 76.1 Å². The lowest BCUT2D eigenvalue weighted by molar-refractivity contribution is 0.200. The first-order chi connectivity index (χ1) is 14.7. The van der Waals surface area contributed by atoms with E-state index in [0.717, 1.165) is 42.4 Å². The molecule has 176 valence electrons. The fourth-order valence-electron chi connectivity index (χ4n) is 4.39. The first-order valence-corrected chi connectivity index (χ1v) is 11.8. The summed E-state index contributed by atoms with van der Waals surface area (Å²) in [5.74, 6) is 2.55. The first kappa shape index (κ1) is 26.0. The van der Waals surface area contributed by atoms with Crippen molar-refractivity contribution in [3.63, 3.8) is 0 Å². The summed E-state index contributed by atoms with van der Waals surface area (Å²) in [5.41, 5.74) is 1.13. The molecule has 1 saturated carbocycles. The standard InChI is InChI=1S/C24H40N4O2.HI/c1-4-14-28-15-12-20(13-16-28)27-24(25-5-2)26-18-19-10-11-22(23(17-19)29-3)30-21-8-6-7-9-21;/h10-11,17,20-21H,4-9,12-16,18H2,1-3H3,(H2,25,26,27);1H. The maximum absolute atomic E-state index is 6.15. The minimum Gasteiger partial charge on any atom is -0.493 e. The van der Waals surface area contributed by atoms with Crippen LogP contribution < -0.4 is 20.1 Å². The molecular weight excluding hydrogens is 503 g/mol. The van der Waals surface area contributed by atoms with Gasteiger partial charge in [0.25, 0.3) is 0 Å². The number of nitrogens with one attached hydrogen (secondary N) is 2. The molecule has 0 spiro atoms. The molecule has 1 aromatic carbocycles. The molecule has 6 nitrogen and oxygen atoms in total. The number of piperidine rings is 1. The molecule has 0 atom stereocenters. The lowest BCUT2D eigenvalue weighted by Crippen LogP contribution is -2.48. The Hall–Kier alpha value is -1.22. The molecule has 0 bridgehead atoms. The highest BCUT2D eigenvalue weighted by Gasteiger charge is 2.20. The normalized spacial score (nSPS) is 18.5. The third-order valence-electron chi connectivity index (χ3n) is 6.06. The first-order valence-electron chi connectivity index (χ1n) is 11.8. The van der Waals surface area contributed by atoms with Gasteiger partial charge >= 0.3 is 0 Å². The van der Waals surface area contributed by atoms with Crippen molar-refractivity contribution in [1.29, 1.82) is 0 Å². The van der Waals surface area contributed by atoms with Crippen LogP contribution in [0.15, 0.2) is 23.2 Å². The molecule has 2 fully saturated rings. The Kier molecular flexibility index (Phi) is 11.8. The smallest absolute Gasteiger partial charge is 0.191 e. The van der Waals surface area contributed by atoms with Crippen LogP contribution in [0.5, 0.6) is 11.5 Å². The van der Waals surface area contributed by atoms with Crippen molar-refractivity contribution in [2.75, 3.05) is 33.3 Å². The van der Waals surface area contributed by atoms with E-state index in [2.05, 4.69) is 41.5 Å². The highest BCUT2D eigenvalue weighted by atomic mass is 127. The number of hydrogen-bond donors (Lipinski definition) is 2. The molecule has 0 unspecified atom stereocenters. The molecule has 1 aliphatic carbocycles. The second kappa shape index (κ2) is 14.0. The van der Waals surface area contributed by atoms with Gasteiger partial charge in [-0.1, -0.05) is 13.0 Å². The Labute approximate surface area is 205 Å². The van der Waals surface area contributed by atoms with Crippen molar-refractivity contribution in [3.8, 4) is 11.5 Å². The Bertz CT molecular complexity index is 672. The van der Waals surface area contributed by atoms with E-state index in [4.69, 9.17) is 14.5 Å². The number of likely N-dealkylation sites (tertiary alicyclic amines) is 1. The summed E-state index contributed by atoms with van der Waals surface area (Å²) < 4.78 is 11.7. The molecule has 3 rings (SSSR count). The molecule has 1 heterocycles. The van der Waals surface area contributed by atoms with Crippen molar-refractivity contribution in [1.82, 2.24) is 15.5 Å². The van der Waals surface area contributed by atoms with Crippen molar-refractivity contribution < 1.29 is 9.47 Å². The predicted molar refractivity (Wildman–Crippen MR) is 139 cm³/mol. The van der Waals surface area contributed by atoms with Crippen LogP contribution in [0, 0.1) is 0 Å². The molecule has 2 aliphatic rings. The number of rotatable bonds is 9. The number of nitrogens with zero attached hydrogens (tertiary/aromatic N) is 2. The van der Waals surface area contributed by atoms with E-state index >= 15 is 0 Å². The zero-order valence-electron chi connectivity index (χ0n) is 19.5. The molecular formula is C24H41IN4O2. The second-order valence-corrected chi connectivity index (χ2v) is 8.46. The Morgan fingerprint density at radius 3 is 2.48 bits per heavy atom. The largest absolute Gasteiger partial charge is 0.493 e. The summed E-state index contributed by atoms with van der Waals surface area (Å²) in [6, 6.07) is 6.68.